The van der Waals surface area contributed by atoms with Gasteiger partial charge in [-0.25, -0.2) is 4.98 Å². The van der Waals surface area contributed by atoms with Gasteiger partial charge in [0.05, 0.1) is 17.1 Å². The largest absolute Gasteiger partial charge is 0.361 e. The molecule has 2 aromatic heterocycles. The van der Waals surface area contributed by atoms with Gasteiger partial charge in [0.15, 0.2) is 0 Å². The number of rotatable bonds is 4. The Kier molecular flexibility index (Phi) is 4.15. The molecule has 0 unspecified atom stereocenters. The summed E-state index contributed by atoms with van der Waals surface area (Å²) in [5.74, 6) is 1.27. The first-order valence-corrected chi connectivity index (χ1v) is 9.97. The second-order valence-corrected chi connectivity index (χ2v) is 7.66. The molecule has 3 heterocycles. The lowest BCUT2D eigenvalue weighted by molar-refractivity contribution is -0.130. The Hall–Kier alpha value is -3.08. The van der Waals surface area contributed by atoms with E-state index >= 15 is 0 Å². The zero-order valence-electron chi connectivity index (χ0n) is 16.1. The predicted octanol–water partition coefficient (Wildman–Crippen LogP) is 4.23. The number of para-hydroxylation sites is 3. The summed E-state index contributed by atoms with van der Waals surface area (Å²) in [6.45, 7) is 3.65. The Morgan fingerprint density at radius 1 is 1.18 bits per heavy atom. The van der Waals surface area contributed by atoms with Crippen LogP contribution in [0.3, 0.4) is 0 Å². The molecule has 0 radical (unpaired) electrons. The first-order valence-electron chi connectivity index (χ1n) is 9.97. The standard InChI is InChI=1S/C23H24N4O/c1-16-25-21-8-4-5-9-22(21)27(16)18-12-13-26(15-18)23(28)11-10-17-14-24-20-7-3-2-6-19(17)20/h2-9,14,18,24H,10-13,15H2,1H3/t18-/m0/s1. The summed E-state index contributed by atoms with van der Waals surface area (Å²) in [6.07, 6.45) is 4.35. The molecule has 0 spiro atoms. The second-order valence-electron chi connectivity index (χ2n) is 7.66. The molecule has 5 heteroatoms. The van der Waals surface area contributed by atoms with E-state index in [0.29, 0.717) is 12.5 Å². The third-order valence-electron chi connectivity index (χ3n) is 5.94. The van der Waals surface area contributed by atoms with Gasteiger partial charge in [-0.1, -0.05) is 30.3 Å². The van der Waals surface area contributed by atoms with Crippen LogP contribution in [0.25, 0.3) is 21.9 Å². The van der Waals surface area contributed by atoms with Gasteiger partial charge in [0.2, 0.25) is 5.91 Å². The highest BCUT2D eigenvalue weighted by atomic mass is 16.2. The molecule has 0 saturated carbocycles. The molecular formula is C23H24N4O. The number of nitrogens with one attached hydrogen (secondary N) is 1. The summed E-state index contributed by atoms with van der Waals surface area (Å²) < 4.78 is 2.31. The molecule has 5 nitrogen and oxygen atoms in total. The lowest BCUT2D eigenvalue weighted by Gasteiger charge is -2.18. The van der Waals surface area contributed by atoms with Crippen molar-refractivity contribution in [1.82, 2.24) is 19.4 Å². The van der Waals surface area contributed by atoms with Crippen LogP contribution < -0.4 is 0 Å². The molecule has 1 aliphatic heterocycles. The summed E-state index contributed by atoms with van der Waals surface area (Å²) in [4.78, 5) is 22.8. The number of benzene rings is 2. The maximum Gasteiger partial charge on any atom is 0.222 e. The summed E-state index contributed by atoms with van der Waals surface area (Å²) in [7, 11) is 0. The van der Waals surface area contributed by atoms with Gasteiger partial charge >= 0.3 is 0 Å². The van der Waals surface area contributed by atoms with Crippen molar-refractivity contribution >= 4 is 27.8 Å². The molecule has 1 aliphatic rings. The fourth-order valence-corrected chi connectivity index (χ4v) is 4.54. The minimum atomic E-state index is 0.245. The summed E-state index contributed by atoms with van der Waals surface area (Å²) in [5.41, 5.74) is 4.55. The predicted molar refractivity (Wildman–Crippen MR) is 111 cm³/mol. The third kappa shape index (κ3) is 2.87. The van der Waals surface area contributed by atoms with Gasteiger partial charge in [-0.3, -0.25) is 4.79 Å². The Morgan fingerprint density at radius 3 is 2.93 bits per heavy atom. The normalized spacial score (nSPS) is 17.0. The monoisotopic (exact) mass is 372 g/mol. The SMILES string of the molecule is Cc1nc2ccccc2n1[C@H]1CCN(C(=O)CCc2c[nH]c3ccccc23)C1. The number of nitrogens with zero attached hydrogens (tertiary/aromatic N) is 3. The molecular weight excluding hydrogens is 348 g/mol. The molecule has 0 aliphatic carbocycles. The summed E-state index contributed by atoms with van der Waals surface area (Å²) in [5, 5.41) is 1.22. The lowest BCUT2D eigenvalue weighted by atomic mass is 10.1. The average molecular weight is 372 g/mol. The molecule has 1 atom stereocenters. The molecule has 5 rings (SSSR count). The number of hydrogen-bond donors (Lipinski definition) is 1. The lowest BCUT2D eigenvalue weighted by Crippen LogP contribution is -2.29. The Labute approximate surface area is 164 Å². The van der Waals surface area contributed by atoms with Gasteiger partial charge in [0.1, 0.15) is 5.82 Å². The molecule has 1 saturated heterocycles. The van der Waals surface area contributed by atoms with Crippen LogP contribution in [0.5, 0.6) is 0 Å². The number of amides is 1. The molecule has 1 N–H and O–H groups in total. The van der Waals surface area contributed by atoms with E-state index in [0.717, 1.165) is 48.3 Å². The van der Waals surface area contributed by atoms with Crippen molar-refractivity contribution in [3.05, 3.63) is 66.1 Å². The number of likely N-dealkylation sites (tertiary alicyclic amines) is 1. The smallest absolute Gasteiger partial charge is 0.222 e. The molecule has 4 aromatic rings. The van der Waals surface area contributed by atoms with Crippen LogP contribution in [0.2, 0.25) is 0 Å². The van der Waals surface area contributed by atoms with E-state index in [9.17, 15) is 4.79 Å². The van der Waals surface area contributed by atoms with Gasteiger partial charge in [0.25, 0.3) is 0 Å². The number of carbonyl (C=O) groups excluding carboxylic acids is 1. The number of fused-ring (bicyclic) bond motifs is 2. The van der Waals surface area contributed by atoms with Crippen LogP contribution >= 0.6 is 0 Å². The Morgan fingerprint density at radius 2 is 2.00 bits per heavy atom. The maximum atomic E-state index is 12.8. The van der Waals surface area contributed by atoms with Crippen LogP contribution in [-0.4, -0.2) is 38.4 Å². The zero-order chi connectivity index (χ0) is 19.1. The number of aromatic nitrogens is 3. The van der Waals surface area contributed by atoms with Crippen molar-refractivity contribution in [3.8, 4) is 0 Å². The van der Waals surface area contributed by atoms with E-state index in [1.54, 1.807) is 0 Å². The molecule has 28 heavy (non-hydrogen) atoms. The van der Waals surface area contributed by atoms with Gasteiger partial charge in [0, 0.05) is 36.6 Å². The fraction of sp³-hybridized carbons (Fsp3) is 0.304. The van der Waals surface area contributed by atoms with E-state index in [1.165, 1.54) is 10.9 Å². The first-order chi connectivity index (χ1) is 13.7. The minimum Gasteiger partial charge on any atom is -0.361 e. The number of aromatic amines is 1. The number of aryl methyl sites for hydroxylation is 2. The van der Waals surface area contributed by atoms with Gasteiger partial charge in [-0.2, -0.15) is 0 Å². The molecule has 142 valence electrons. The fourth-order valence-electron chi connectivity index (χ4n) is 4.54. The summed E-state index contributed by atoms with van der Waals surface area (Å²) >= 11 is 0. The second kappa shape index (κ2) is 6.82. The average Bonchev–Trinajstić information content (AvgIpc) is 3.42. The summed E-state index contributed by atoms with van der Waals surface area (Å²) in [6, 6.07) is 16.8. The van der Waals surface area contributed by atoms with E-state index in [2.05, 4.69) is 51.8 Å². The quantitative estimate of drug-likeness (QED) is 0.583. The number of hydrogen-bond acceptors (Lipinski definition) is 2. The zero-order valence-corrected chi connectivity index (χ0v) is 16.1. The van der Waals surface area contributed by atoms with Crippen LogP contribution in [0, 0.1) is 6.92 Å². The topological polar surface area (TPSA) is 53.9 Å². The van der Waals surface area contributed by atoms with Crippen molar-refractivity contribution in [3.63, 3.8) is 0 Å². The van der Waals surface area contributed by atoms with Crippen molar-refractivity contribution < 1.29 is 4.79 Å². The van der Waals surface area contributed by atoms with Crippen LogP contribution in [0.15, 0.2) is 54.7 Å². The Balaban J connectivity index is 1.28. The van der Waals surface area contributed by atoms with Crippen molar-refractivity contribution in [2.75, 3.05) is 13.1 Å². The third-order valence-corrected chi connectivity index (χ3v) is 5.94. The number of imidazole rings is 1. The van der Waals surface area contributed by atoms with E-state index in [1.807, 2.05) is 29.3 Å². The van der Waals surface area contributed by atoms with E-state index < -0.39 is 0 Å². The van der Waals surface area contributed by atoms with Crippen molar-refractivity contribution in [1.29, 1.82) is 0 Å². The number of carbonyl (C=O) groups is 1. The van der Waals surface area contributed by atoms with Crippen molar-refractivity contribution in [2.24, 2.45) is 0 Å². The van der Waals surface area contributed by atoms with Crippen LogP contribution in [0.1, 0.15) is 30.3 Å². The highest BCUT2D eigenvalue weighted by Crippen LogP contribution is 2.28. The molecule has 1 fully saturated rings. The highest BCUT2D eigenvalue weighted by molar-refractivity contribution is 5.84. The highest BCUT2D eigenvalue weighted by Gasteiger charge is 2.29. The van der Waals surface area contributed by atoms with Gasteiger partial charge in [-0.05, 0) is 43.5 Å². The maximum absolute atomic E-state index is 12.8. The molecule has 2 aromatic carbocycles. The van der Waals surface area contributed by atoms with Gasteiger partial charge in [-0.15, -0.1) is 0 Å². The van der Waals surface area contributed by atoms with Gasteiger partial charge < -0.3 is 14.5 Å². The van der Waals surface area contributed by atoms with E-state index in [4.69, 9.17) is 0 Å². The molecule has 0 bridgehead atoms. The Bertz CT molecular complexity index is 1160. The van der Waals surface area contributed by atoms with E-state index in [-0.39, 0.29) is 5.91 Å². The minimum absolute atomic E-state index is 0.245. The first kappa shape index (κ1) is 17.0. The van der Waals surface area contributed by atoms with Crippen LogP contribution in [-0.2, 0) is 11.2 Å². The number of H-pyrrole nitrogens is 1. The molecule has 1 amide bonds. The van der Waals surface area contributed by atoms with Crippen molar-refractivity contribution in [2.45, 2.75) is 32.2 Å². The van der Waals surface area contributed by atoms with Crippen LogP contribution in [0.4, 0.5) is 0 Å².